The van der Waals surface area contributed by atoms with Gasteiger partial charge in [0.1, 0.15) is 0 Å². The lowest BCUT2D eigenvalue weighted by Gasteiger charge is -2.56. The van der Waals surface area contributed by atoms with Gasteiger partial charge in [-0.2, -0.15) is 5.10 Å². The maximum Gasteiger partial charge on any atom is 0.319 e. The first kappa shape index (κ1) is 16.8. The molecule has 0 unspecified atom stereocenters. The molecule has 1 aromatic carbocycles. The quantitative estimate of drug-likeness (QED) is 0.848. The highest BCUT2D eigenvalue weighted by Gasteiger charge is 2.51. The molecule has 4 fully saturated rings. The number of nitrogens with zero attached hydrogens (tertiary/aromatic N) is 2. The molecule has 27 heavy (non-hydrogen) atoms. The first-order chi connectivity index (χ1) is 13.1. The van der Waals surface area contributed by atoms with Crippen molar-refractivity contribution in [3.63, 3.8) is 0 Å². The van der Waals surface area contributed by atoms with Crippen LogP contribution in [0, 0.1) is 24.7 Å². The second kappa shape index (κ2) is 6.39. The third kappa shape index (κ3) is 3.47. The van der Waals surface area contributed by atoms with Gasteiger partial charge in [0.15, 0.2) is 0 Å². The van der Waals surface area contributed by atoms with Crippen LogP contribution >= 0.6 is 0 Å². The fourth-order valence-electron chi connectivity index (χ4n) is 6.18. The maximum atomic E-state index is 12.7. The molecule has 2 amide bonds. The molecule has 2 aromatic rings. The Morgan fingerprint density at radius 2 is 1.89 bits per heavy atom. The number of aryl methyl sites for hydroxylation is 1. The van der Waals surface area contributed by atoms with Crippen LogP contribution in [0.5, 0.6) is 0 Å². The molecule has 0 spiro atoms. The zero-order valence-electron chi connectivity index (χ0n) is 15.9. The number of carbonyl (C=O) groups is 1. The van der Waals surface area contributed by atoms with E-state index in [0.29, 0.717) is 6.54 Å². The molecule has 0 atom stereocenters. The maximum absolute atomic E-state index is 12.7. The van der Waals surface area contributed by atoms with Crippen LogP contribution in [-0.2, 0) is 6.54 Å². The minimum absolute atomic E-state index is 0.0381. The van der Waals surface area contributed by atoms with E-state index >= 15 is 0 Å². The van der Waals surface area contributed by atoms with E-state index in [4.69, 9.17) is 0 Å². The first-order valence-electron chi connectivity index (χ1n) is 10.2. The highest BCUT2D eigenvalue weighted by molar-refractivity contribution is 5.89. The van der Waals surface area contributed by atoms with Crippen LogP contribution in [0.1, 0.15) is 49.7 Å². The Morgan fingerprint density at radius 3 is 2.56 bits per heavy atom. The second-order valence-electron chi connectivity index (χ2n) is 9.19. The summed E-state index contributed by atoms with van der Waals surface area (Å²) in [6, 6.07) is 8.34. The average Bonchev–Trinajstić information content (AvgIpc) is 2.99. The van der Waals surface area contributed by atoms with Crippen molar-refractivity contribution in [3.8, 4) is 0 Å². The Bertz CT molecular complexity index is 820. The Hall–Kier alpha value is -2.30. The molecule has 6 rings (SSSR count). The zero-order chi connectivity index (χ0) is 18.4. The number of amides is 2. The molecule has 2 N–H and O–H groups in total. The zero-order valence-corrected chi connectivity index (χ0v) is 15.9. The predicted octanol–water partition coefficient (Wildman–Crippen LogP) is 4.33. The van der Waals surface area contributed by atoms with Gasteiger partial charge in [0.2, 0.25) is 0 Å². The van der Waals surface area contributed by atoms with Crippen molar-refractivity contribution in [3.05, 3.63) is 47.8 Å². The molecule has 4 saturated carbocycles. The molecule has 5 heteroatoms. The van der Waals surface area contributed by atoms with Gasteiger partial charge >= 0.3 is 6.03 Å². The van der Waals surface area contributed by atoms with Crippen LogP contribution in [-0.4, -0.2) is 21.4 Å². The van der Waals surface area contributed by atoms with E-state index in [1.165, 1.54) is 49.7 Å². The van der Waals surface area contributed by atoms with E-state index in [-0.39, 0.29) is 11.6 Å². The summed E-state index contributed by atoms with van der Waals surface area (Å²) in [5, 5.41) is 10.7. The Labute approximate surface area is 160 Å². The first-order valence-corrected chi connectivity index (χ1v) is 10.2. The standard InChI is InChI=1S/C22H28N4O/c1-15-3-2-4-16(5-15)13-26-14-20(12-23-26)24-21(27)25-22-9-17-6-18(10-22)8-19(7-17)11-22/h2-5,12,14,17-19H,6-11,13H2,1H3,(H2,24,25,27). The minimum Gasteiger partial charge on any atom is -0.332 e. The molecule has 4 bridgehead atoms. The topological polar surface area (TPSA) is 59.0 Å². The number of urea groups is 1. The molecule has 1 aromatic heterocycles. The largest absolute Gasteiger partial charge is 0.332 e. The fraction of sp³-hybridized carbons (Fsp3) is 0.545. The van der Waals surface area contributed by atoms with Gasteiger partial charge in [-0.05, 0) is 68.8 Å². The number of aromatic nitrogens is 2. The molecule has 5 nitrogen and oxygen atoms in total. The number of rotatable bonds is 4. The fourth-order valence-corrected chi connectivity index (χ4v) is 6.18. The van der Waals surface area contributed by atoms with Crippen LogP contribution < -0.4 is 10.6 Å². The van der Waals surface area contributed by atoms with E-state index in [1.807, 2.05) is 10.9 Å². The normalized spacial score (nSPS) is 31.1. The van der Waals surface area contributed by atoms with Gasteiger partial charge in [-0.3, -0.25) is 4.68 Å². The molecular formula is C22H28N4O. The van der Waals surface area contributed by atoms with Crippen LogP contribution in [0.4, 0.5) is 10.5 Å². The van der Waals surface area contributed by atoms with E-state index in [9.17, 15) is 4.79 Å². The summed E-state index contributed by atoms with van der Waals surface area (Å²) in [5.74, 6) is 2.48. The Balaban J connectivity index is 1.21. The SMILES string of the molecule is Cc1cccc(Cn2cc(NC(=O)NC34CC5CC(CC(C5)C3)C4)cn2)c1. The molecular weight excluding hydrogens is 336 g/mol. The monoisotopic (exact) mass is 364 g/mol. The van der Waals surface area contributed by atoms with Crippen LogP contribution in [0.3, 0.4) is 0 Å². The number of benzene rings is 1. The van der Waals surface area contributed by atoms with Crippen molar-refractivity contribution >= 4 is 11.7 Å². The molecule has 142 valence electrons. The third-order valence-corrected chi connectivity index (χ3v) is 6.74. The van der Waals surface area contributed by atoms with Crippen molar-refractivity contribution in [2.75, 3.05) is 5.32 Å². The summed E-state index contributed by atoms with van der Waals surface area (Å²) in [6.45, 7) is 2.80. The van der Waals surface area contributed by atoms with Gasteiger partial charge in [0.25, 0.3) is 0 Å². The van der Waals surface area contributed by atoms with Crippen molar-refractivity contribution in [2.24, 2.45) is 17.8 Å². The number of nitrogens with one attached hydrogen (secondary N) is 2. The predicted molar refractivity (Wildman–Crippen MR) is 106 cm³/mol. The van der Waals surface area contributed by atoms with Crippen LogP contribution in [0.15, 0.2) is 36.7 Å². The molecule has 0 radical (unpaired) electrons. The van der Waals surface area contributed by atoms with Gasteiger partial charge in [-0.1, -0.05) is 29.8 Å². The molecule has 0 aliphatic heterocycles. The van der Waals surface area contributed by atoms with Gasteiger partial charge in [-0.25, -0.2) is 4.79 Å². The Kier molecular flexibility index (Phi) is 3.99. The lowest BCUT2D eigenvalue weighted by atomic mass is 9.53. The number of hydrogen-bond donors (Lipinski definition) is 2. The van der Waals surface area contributed by atoms with Gasteiger partial charge < -0.3 is 10.6 Å². The Morgan fingerprint density at radius 1 is 1.19 bits per heavy atom. The van der Waals surface area contributed by atoms with E-state index in [2.05, 4.69) is 46.9 Å². The average molecular weight is 364 g/mol. The highest BCUT2D eigenvalue weighted by Crippen LogP contribution is 2.55. The molecule has 4 aliphatic rings. The summed E-state index contributed by atoms with van der Waals surface area (Å²) in [4.78, 5) is 12.7. The van der Waals surface area contributed by atoms with Crippen LogP contribution in [0.2, 0.25) is 0 Å². The van der Waals surface area contributed by atoms with Crippen molar-refractivity contribution < 1.29 is 4.79 Å². The summed E-state index contributed by atoms with van der Waals surface area (Å²) < 4.78 is 1.87. The van der Waals surface area contributed by atoms with E-state index in [1.54, 1.807) is 6.20 Å². The van der Waals surface area contributed by atoms with Gasteiger partial charge in [-0.15, -0.1) is 0 Å². The molecule has 0 saturated heterocycles. The third-order valence-electron chi connectivity index (χ3n) is 6.74. The van der Waals surface area contributed by atoms with Crippen molar-refractivity contribution in [2.45, 2.75) is 57.5 Å². The highest BCUT2D eigenvalue weighted by atomic mass is 16.2. The summed E-state index contributed by atoms with van der Waals surface area (Å²) in [7, 11) is 0. The van der Waals surface area contributed by atoms with E-state index in [0.717, 1.165) is 23.4 Å². The molecule has 4 aliphatic carbocycles. The number of carbonyl (C=O) groups excluding carboxylic acids is 1. The number of anilines is 1. The van der Waals surface area contributed by atoms with Crippen molar-refractivity contribution in [1.82, 2.24) is 15.1 Å². The minimum atomic E-state index is -0.0768. The lowest BCUT2D eigenvalue weighted by Crippen LogP contribution is -2.60. The smallest absolute Gasteiger partial charge is 0.319 e. The van der Waals surface area contributed by atoms with Gasteiger partial charge in [0.05, 0.1) is 18.4 Å². The number of hydrogen-bond acceptors (Lipinski definition) is 2. The summed E-state index contributed by atoms with van der Waals surface area (Å²) >= 11 is 0. The second-order valence-corrected chi connectivity index (χ2v) is 9.19. The summed E-state index contributed by atoms with van der Waals surface area (Å²) in [6.07, 6.45) is 11.3. The van der Waals surface area contributed by atoms with E-state index < -0.39 is 0 Å². The van der Waals surface area contributed by atoms with Crippen LogP contribution in [0.25, 0.3) is 0 Å². The molecule has 1 heterocycles. The lowest BCUT2D eigenvalue weighted by molar-refractivity contribution is -0.0127. The van der Waals surface area contributed by atoms with Gasteiger partial charge in [0, 0.05) is 11.7 Å². The summed E-state index contributed by atoms with van der Waals surface area (Å²) in [5.41, 5.74) is 3.25. The van der Waals surface area contributed by atoms with Crippen molar-refractivity contribution in [1.29, 1.82) is 0 Å².